The zero-order valence-electron chi connectivity index (χ0n) is 46.5. The molecule has 22 nitrogen and oxygen atoms in total. The van der Waals surface area contributed by atoms with Gasteiger partial charge in [0.05, 0.1) is 14.8 Å². The van der Waals surface area contributed by atoms with Crippen LogP contribution >= 0.6 is 24.0 Å². The molecule has 0 saturated carbocycles. The number of hydrogen-bond donors (Lipinski definition) is 3. The van der Waals surface area contributed by atoms with Gasteiger partial charge in [0, 0.05) is 53.9 Å². The summed E-state index contributed by atoms with van der Waals surface area (Å²) in [5.74, 6) is -1.59. The van der Waals surface area contributed by atoms with E-state index in [2.05, 4.69) is 66.1 Å². The lowest BCUT2D eigenvalue weighted by molar-refractivity contribution is -0.385. The maximum Gasteiger partial charge on any atom is 0.373 e. The molecule has 24 heteroatoms. The number of aryl methyl sites for hydroxylation is 6. The molecule has 0 bridgehead atoms. The van der Waals surface area contributed by atoms with Crippen LogP contribution in [-0.2, 0) is 48.0 Å². The van der Waals surface area contributed by atoms with E-state index in [-0.39, 0.29) is 76.6 Å². The van der Waals surface area contributed by atoms with Crippen LogP contribution in [0.3, 0.4) is 0 Å². The smallest absolute Gasteiger partial charge is 0.373 e. The summed E-state index contributed by atoms with van der Waals surface area (Å²) in [6.07, 6.45) is 3.88. The Balaban J connectivity index is 0.000000983. The van der Waals surface area contributed by atoms with Crippen LogP contribution in [-0.4, -0.2) is 74.1 Å². The zero-order chi connectivity index (χ0) is 61.7. The van der Waals surface area contributed by atoms with E-state index >= 15 is 0 Å². The van der Waals surface area contributed by atoms with Crippen LogP contribution in [0.4, 0.5) is 34.1 Å². The minimum absolute atomic E-state index is 0. The number of fused-ring (bicyclic) bond motifs is 3. The van der Waals surface area contributed by atoms with Gasteiger partial charge in [-0.3, -0.25) is 39.9 Å². The minimum Gasteiger partial charge on any atom is -0.477 e. The van der Waals surface area contributed by atoms with E-state index in [1.807, 2.05) is 58.9 Å². The first-order chi connectivity index (χ1) is 38.3. The van der Waals surface area contributed by atoms with E-state index in [1.165, 1.54) is 65.7 Å². The predicted molar refractivity (Wildman–Crippen MR) is 307 cm³/mol. The fourth-order valence-electron chi connectivity index (χ4n) is 8.09. The van der Waals surface area contributed by atoms with Crippen molar-refractivity contribution in [1.82, 2.24) is 0 Å². The Kier molecular flexibility index (Phi) is 32.3. The van der Waals surface area contributed by atoms with Crippen LogP contribution in [0.2, 0.25) is 0 Å². The van der Waals surface area contributed by atoms with Crippen molar-refractivity contribution >= 4 is 93.7 Å². The molecule has 0 radical (unpaired) electrons. The predicted octanol–water partition coefficient (Wildman–Crippen LogP) is 11.7. The molecule has 0 spiro atoms. The molecule has 0 saturated heterocycles. The number of nitrogens with zero attached hydrogens (tertiary/aromatic N) is 4. The van der Waals surface area contributed by atoms with Crippen molar-refractivity contribution in [3.8, 4) is 0 Å². The van der Waals surface area contributed by atoms with Gasteiger partial charge in [0.25, 0.3) is 28.2 Å². The number of nitro benzene ring substituents is 3. The lowest BCUT2D eigenvalue weighted by atomic mass is 10.0. The lowest BCUT2D eigenvalue weighted by Crippen LogP contribution is -2.36. The Morgan fingerprint density at radius 2 is 0.927 bits per heavy atom. The van der Waals surface area contributed by atoms with E-state index in [0.29, 0.717) is 11.6 Å². The van der Waals surface area contributed by atoms with Crippen molar-refractivity contribution in [2.75, 3.05) is 22.1 Å². The molecule has 0 aromatic heterocycles. The van der Waals surface area contributed by atoms with E-state index in [9.17, 15) is 44.7 Å². The molecule has 3 aliphatic heterocycles. The van der Waals surface area contributed by atoms with Gasteiger partial charge in [0.2, 0.25) is 0 Å². The first kappa shape index (κ1) is 72.5. The number of rotatable bonds is 6. The quantitative estimate of drug-likeness (QED) is 0.0792. The Morgan fingerprint density at radius 3 is 1.35 bits per heavy atom. The van der Waals surface area contributed by atoms with Gasteiger partial charge in [-0.05, 0) is 173 Å². The summed E-state index contributed by atoms with van der Waals surface area (Å²) in [5, 5.41) is 47.1. The minimum atomic E-state index is -1.28. The van der Waals surface area contributed by atoms with Crippen LogP contribution < -0.4 is 15.5 Å². The molecule has 1 amide bonds. The van der Waals surface area contributed by atoms with Gasteiger partial charge in [-0.25, -0.2) is 4.79 Å². The molecule has 3 N–H and O–H groups in total. The zero-order valence-corrected chi connectivity index (χ0v) is 48.1. The summed E-state index contributed by atoms with van der Waals surface area (Å²) in [5.41, 5.74) is 11.3. The number of carboxylic acid groups (broad SMARTS) is 1. The Labute approximate surface area is 483 Å². The Bertz CT molecular complexity index is 3080. The third-order valence-corrected chi connectivity index (χ3v) is 12.4. The molecule has 6 aromatic rings. The molecule has 2 atom stereocenters. The highest BCUT2D eigenvalue weighted by Gasteiger charge is 2.35. The summed E-state index contributed by atoms with van der Waals surface area (Å²) in [6, 6.07) is 33.8. The van der Waals surface area contributed by atoms with E-state index in [4.69, 9.17) is 45.5 Å². The highest BCUT2D eigenvalue weighted by Crippen LogP contribution is 2.35. The maximum absolute atomic E-state index is 13.0. The van der Waals surface area contributed by atoms with Crippen LogP contribution in [0.1, 0.15) is 109 Å². The molecule has 82 heavy (non-hydrogen) atoms. The van der Waals surface area contributed by atoms with Crippen LogP contribution in [0.15, 0.2) is 109 Å². The number of benzene rings is 6. The SMILES string of the molecule is CC.C[C@@H]1Cc2ccccc2N1.Cc1cc(C(=O)Cl)c([N+](=O)[O-])cc1C.Cc1cc(C(=O)N2c3ccccc3C[C@H]2C)c([N+](=O)[O-])cc1C.Cc1cc(C(=O)O)c([N+](=O)[O-])cc1C.Cl.O=C=O.O=C=O.O=C=O.c1ccc2c(c1)CCN2. The second kappa shape index (κ2) is 36.6. The summed E-state index contributed by atoms with van der Waals surface area (Å²) in [7, 11) is 0. The van der Waals surface area contributed by atoms with Crippen molar-refractivity contribution in [3.63, 3.8) is 0 Å². The summed E-state index contributed by atoms with van der Waals surface area (Å²) in [4.78, 5) is 116. The summed E-state index contributed by atoms with van der Waals surface area (Å²) < 4.78 is 0. The summed E-state index contributed by atoms with van der Waals surface area (Å²) in [6.45, 7) is 19.9. The van der Waals surface area contributed by atoms with Crippen molar-refractivity contribution in [3.05, 3.63) is 206 Å². The fraction of sp³-hybridized carbons (Fsp3) is 0.276. The van der Waals surface area contributed by atoms with Gasteiger partial charge in [0.1, 0.15) is 16.7 Å². The number of aromatic carboxylic acids is 1. The molecule has 3 heterocycles. The lowest BCUT2D eigenvalue weighted by Gasteiger charge is -2.23. The first-order valence-corrected chi connectivity index (χ1v) is 25.0. The second-order valence-electron chi connectivity index (χ2n) is 17.6. The van der Waals surface area contributed by atoms with Gasteiger partial charge in [-0.15, -0.1) is 12.4 Å². The highest BCUT2D eigenvalue weighted by molar-refractivity contribution is 6.68. The van der Waals surface area contributed by atoms with Crippen molar-refractivity contribution in [1.29, 1.82) is 0 Å². The molecule has 6 aromatic carbocycles. The van der Waals surface area contributed by atoms with Crippen molar-refractivity contribution < 1.29 is 63.0 Å². The molecule has 9 rings (SSSR count). The fourth-order valence-corrected chi connectivity index (χ4v) is 8.24. The molecular weight excluding hydrogens is 1110 g/mol. The normalized spacial score (nSPS) is 12.6. The molecule has 3 aliphatic rings. The standard InChI is InChI=1S/C18H18N2O3.C9H8ClNO3.C9H9NO4.C9H11N.C8H9N.C2H6.3CO2.ClH/c1-11-8-15(17(20(22)23)9-12(11)2)18(21)19-13(3)10-14-6-4-5-7-16(14)19;1-5-3-7(9(10)12)8(11(13)14)4-6(5)2;1-5-3-7(9(11)12)8(10(13)14)4-6(5)2;1-7-6-8-4-2-3-5-9(8)10-7;1-2-4-8-7(3-1)5-6-9-8;1-2;3*2-1-3;/h4-9,13H,10H2,1-3H3;3-4H,1-2H3;3-4H,1-2H3,(H,11,12);2-5,7,10H,6H2,1H3;1-4,9H,5-6H2;1-2H3;;;;1H/t13-;;;7-;;;;;;/m1..1....../s1. The topological polar surface area (TPSA) is 331 Å². The summed E-state index contributed by atoms with van der Waals surface area (Å²) >= 11 is 5.23. The number of para-hydroxylation sites is 3. The first-order valence-electron chi connectivity index (χ1n) is 24.6. The van der Waals surface area contributed by atoms with Crippen molar-refractivity contribution in [2.24, 2.45) is 0 Å². The monoisotopic (exact) mass is 1170 g/mol. The number of amides is 1. The van der Waals surface area contributed by atoms with Gasteiger partial charge >= 0.3 is 24.4 Å². The number of carboxylic acids is 1. The van der Waals surface area contributed by atoms with Crippen LogP contribution in [0.5, 0.6) is 0 Å². The third kappa shape index (κ3) is 21.6. The number of halogens is 2. The van der Waals surface area contributed by atoms with Gasteiger partial charge in [-0.1, -0.05) is 68.4 Å². The van der Waals surface area contributed by atoms with E-state index in [1.54, 1.807) is 38.7 Å². The average Bonchev–Trinajstić information content (AvgIpc) is 4.23. The van der Waals surface area contributed by atoms with Crippen LogP contribution in [0.25, 0.3) is 0 Å². The van der Waals surface area contributed by atoms with Gasteiger partial charge in [-0.2, -0.15) is 28.8 Å². The number of carbonyl (C=O) groups excluding carboxylic acids is 8. The number of nitro groups is 3. The van der Waals surface area contributed by atoms with Gasteiger partial charge < -0.3 is 20.6 Å². The van der Waals surface area contributed by atoms with E-state index < -0.39 is 26.0 Å². The molecule has 0 fully saturated rings. The molecular formula is C58H62Cl2N6O16. The largest absolute Gasteiger partial charge is 0.477 e. The molecule has 0 aliphatic carbocycles. The van der Waals surface area contributed by atoms with E-state index in [0.717, 1.165) is 52.0 Å². The highest BCUT2D eigenvalue weighted by atomic mass is 35.5. The molecule has 434 valence electrons. The maximum atomic E-state index is 13.0. The second-order valence-corrected chi connectivity index (χ2v) is 17.9. The third-order valence-electron chi connectivity index (χ3n) is 12.2. The Hall–Kier alpha value is -9.55. The number of carbonyl (C=O) groups is 3. The molecule has 0 unspecified atom stereocenters. The van der Waals surface area contributed by atoms with Gasteiger partial charge in [0.15, 0.2) is 0 Å². The number of nitrogens with one attached hydrogen (secondary N) is 2. The number of anilines is 3. The van der Waals surface area contributed by atoms with Crippen molar-refractivity contribution in [2.45, 2.75) is 101 Å². The average molecular weight is 1170 g/mol. The Morgan fingerprint density at radius 1 is 0.561 bits per heavy atom. The number of hydrogen-bond acceptors (Lipinski definition) is 17. The van der Waals surface area contributed by atoms with Crippen LogP contribution in [0, 0.1) is 71.9 Å².